The number of rotatable bonds is 2. The third-order valence-corrected chi connectivity index (χ3v) is 2.25. The Kier molecular flexibility index (Phi) is 2.32. The van der Waals surface area contributed by atoms with Crippen molar-refractivity contribution in [2.45, 2.75) is 6.92 Å². The molecule has 0 saturated carbocycles. The van der Waals surface area contributed by atoms with Crippen LogP contribution in [0.15, 0.2) is 33.8 Å². The van der Waals surface area contributed by atoms with Crippen LogP contribution in [0.3, 0.4) is 0 Å². The summed E-state index contributed by atoms with van der Waals surface area (Å²) in [7, 11) is 0. The fourth-order valence-corrected chi connectivity index (χ4v) is 1.39. The second-order valence-electron chi connectivity index (χ2n) is 3.28. The van der Waals surface area contributed by atoms with Gasteiger partial charge in [0.2, 0.25) is 0 Å². The highest BCUT2D eigenvalue weighted by atomic mass is 16.6. The zero-order chi connectivity index (χ0) is 11.7. The molecule has 0 radical (unpaired) electrons. The van der Waals surface area contributed by atoms with Crippen molar-refractivity contribution in [3.63, 3.8) is 0 Å². The summed E-state index contributed by atoms with van der Waals surface area (Å²) >= 11 is 0. The van der Waals surface area contributed by atoms with Crippen molar-refractivity contribution in [1.82, 2.24) is 0 Å². The molecular weight excluding hydrogens is 212 g/mol. The minimum atomic E-state index is -0.591. The zero-order valence-electron chi connectivity index (χ0n) is 8.38. The van der Waals surface area contributed by atoms with Gasteiger partial charge in [0.15, 0.2) is 0 Å². The molecule has 82 valence electrons. The lowest BCUT2D eigenvalue weighted by Gasteiger charge is -1.96. The van der Waals surface area contributed by atoms with Gasteiger partial charge in [0.05, 0.1) is 11.8 Å². The molecule has 1 aromatic heterocycles. The first-order valence-electron chi connectivity index (χ1n) is 4.49. The third kappa shape index (κ3) is 1.60. The molecule has 0 aliphatic carbocycles. The molecule has 1 aromatic carbocycles. The SMILES string of the molecule is CC(=NO)c1ccc2cc([N+](=O)[O-])oc2c1. The quantitative estimate of drug-likeness (QED) is 0.364. The fraction of sp³-hybridized carbons (Fsp3) is 0.100. The maximum atomic E-state index is 10.5. The summed E-state index contributed by atoms with van der Waals surface area (Å²) in [5.41, 5.74) is 1.47. The van der Waals surface area contributed by atoms with Crippen molar-refractivity contribution in [1.29, 1.82) is 0 Å². The minimum Gasteiger partial charge on any atom is -0.411 e. The van der Waals surface area contributed by atoms with E-state index in [2.05, 4.69) is 5.16 Å². The number of hydrogen-bond donors (Lipinski definition) is 1. The lowest BCUT2D eigenvalue weighted by atomic mass is 10.1. The molecule has 0 amide bonds. The first-order chi connectivity index (χ1) is 7.61. The van der Waals surface area contributed by atoms with Crippen LogP contribution >= 0.6 is 0 Å². The lowest BCUT2D eigenvalue weighted by Crippen LogP contribution is -1.92. The van der Waals surface area contributed by atoms with Gasteiger partial charge in [0.1, 0.15) is 10.5 Å². The highest BCUT2D eigenvalue weighted by molar-refractivity contribution is 6.01. The van der Waals surface area contributed by atoms with E-state index >= 15 is 0 Å². The highest BCUT2D eigenvalue weighted by Gasteiger charge is 2.13. The molecule has 0 aliphatic rings. The van der Waals surface area contributed by atoms with E-state index in [1.807, 2.05) is 0 Å². The van der Waals surface area contributed by atoms with Crippen molar-refractivity contribution in [2.75, 3.05) is 0 Å². The Morgan fingerprint density at radius 2 is 2.25 bits per heavy atom. The van der Waals surface area contributed by atoms with Gasteiger partial charge in [-0.2, -0.15) is 0 Å². The molecule has 0 aliphatic heterocycles. The monoisotopic (exact) mass is 220 g/mol. The number of benzene rings is 1. The van der Waals surface area contributed by atoms with E-state index in [1.54, 1.807) is 25.1 Å². The van der Waals surface area contributed by atoms with Gasteiger partial charge in [-0.15, -0.1) is 0 Å². The Hall–Kier alpha value is -2.37. The Balaban J connectivity index is 2.58. The van der Waals surface area contributed by atoms with Crippen LogP contribution < -0.4 is 0 Å². The molecule has 0 unspecified atom stereocenters. The molecule has 0 spiro atoms. The third-order valence-electron chi connectivity index (χ3n) is 2.25. The molecule has 1 N–H and O–H groups in total. The Morgan fingerprint density at radius 3 is 2.88 bits per heavy atom. The van der Waals surface area contributed by atoms with Gasteiger partial charge in [-0.1, -0.05) is 17.3 Å². The topological polar surface area (TPSA) is 88.9 Å². The first kappa shape index (κ1) is 10.2. The van der Waals surface area contributed by atoms with Gasteiger partial charge in [0, 0.05) is 10.9 Å². The van der Waals surface area contributed by atoms with Crippen molar-refractivity contribution in [3.05, 3.63) is 39.9 Å². The molecule has 2 aromatic rings. The second kappa shape index (κ2) is 3.65. The number of hydrogen-bond acceptors (Lipinski definition) is 5. The largest absolute Gasteiger partial charge is 0.434 e. The summed E-state index contributed by atoms with van der Waals surface area (Å²) in [5, 5.41) is 22.8. The summed E-state index contributed by atoms with van der Waals surface area (Å²) < 4.78 is 5.03. The summed E-state index contributed by atoms with van der Waals surface area (Å²) in [6.45, 7) is 1.62. The van der Waals surface area contributed by atoms with E-state index in [0.29, 0.717) is 22.2 Å². The van der Waals surface area contributed by atoms with Gasteiger partial charge >= 0.3 is 5.88 Å². The van der Waals surface area contributed by atoms with Gasteiger partial charge in [-0.3, -0.25) is 10.1 Å². The zero-order valence-corrected chi connectivity index (χ0v) is 8.38. The summed E-state index contributed by atoms with van der Waals surface area (Å²) in [6.07, 6.45) is 0. The number of nitro groups is 1. The Morgan fingerprint density at radius 1 is 1.50 bits per heavy atom. The number of nitrogens with zero attached hydrogens (tertiary/aromatic N) is 2. The normalized spacial score (nSPS) is 11.9. The fourth-order valence-electron chi connectivity index (χ4n) is 1.39. The van der Waals surface area contributed by atoms with Gasteiger partial charge in [-0.25, -0.2) is 0 Å². The second-order valence-corrected chi connectivity index (χ2v) is 3.28. The molecular formula is C10H8N2O4. The van der Waals surface area contributed by atoms with Crippen LogP contribution in [0.2, 0.25) is 0 Å². The Labute approximate surface area is 89.9 Å². The maximum absolute atomic E-state index is 10.5. The van der Waals surface area contributed by atoms with E-state index in [1.165, 1.54) is 6.07 Å². The molecule has 16 heavy (non-hydrogen) atoms. The van der Waals surface area contributed by atoms with E-state index in [9.17, 15) is 10.1 Å². The van der Waals surface area contributed by atoms with Crippen molar-refractivity contribution >= 4 is 22.6 Å². The molecule has 1 heterocycles. The van der Waals surface area contributed by atoms with Crippen molar-refractivity contribution < 1.29 is 14.5 Å². The summed E-state index contributed by atoms with van der Waals surface area (Å²) in [4.78, 5) is 9.90. The Bertz CT molecular complexity index is 586. The average Bonchev–Trinajstić information content (AvgIpc) is 2.70. The standard InChI is InChI=1S/C10H8N2O4/c1-6(11-13)7-2-3-8-5-10(12(14)15)16-9(8)4-7/h2-5,13H,1H3. The van der Waals surface area contributed by atoms with Crippen molar-refractivity contribution in [3.8, 4) is 0 Å². The van der Waals surface area contributed by atoms with Crippen LogP contribution in [0, 0.1) is 10.1 Å². The highest BCUT2D eigenvalue weighted by Crippen LogP contribution is 2.25. The molecule has 0 atom stereocenters. The van der Waals surface area contributed by atoms with Crippen LogP contribution in [0.4, 0.5) is 5.88 Å². The molecule has 0 fully saturated rings. The minimum absolute atomic E-state index is 0.300. The van der Waals surface area contributed by atoms with Crippen LogP contribution in [0.25, 0.3) is 11.0 Å². The van der Waals surface area contributed by atoms with E-state index < -0.39 is 4.92 Å². The van der Waals surface area contributed by atoms with Gasteiger partial charge in [-0.05, 0) is 13.0 Å². The van der Waals surface area contributed by atoms with Crippen LogP contribution in [0.1, 0.15) is 12.5 Å². The molecule has 0 saturated heterocycles. The summed E-state index contributed by atoms with van der Waals surface area (Å²) in [5.74, 6) is -0.300. The van der Waals surface area contributed by atoms with E-state index in [4.69, 9.17) is 9.62 Å². The number of fused-ring (bicyclic) bond motifs is 1. The molecule has 6 heteroatoms. The molecule has 2 rings (SSSR count). The summed E-state index contributed by atoms with van der Waals surface area (Å²) in [6, 6.07) is 6.33. The lowest BCUT2D eigenvalue weighted by molar-refractivity contribution is -0.401. The number of oxime groups is 1. The predicted molar refractivity (Wildman–Crippen MR) is 56.9 cm³/mol. The van der Waals surface area contributed by atoms with Crippen LogP contribution in [-0.2, 0) is 0 Å². The number of furan rings is 1. The van der Waals surface area contributed by atoms with E-state index in [0.717, 1.165) is 0 Å². The molecule has 6 nitrogen and oxygen atoms in total. The average molecular weight is 220 g/mol. The van der Waals surface area contributed by atoms with Gasteiger partial charge < -0.3 is 9.62 Å². The first-order valence-corrected chi connectivity index (χ1v) is 4.49. The van der Waals surface area contributed by atoms with Crippen molar-refractivity contribution in [2.24, 2.45) is 5.16 Å². The smallest absolute Gasteiger partial charge is 0.411 e. The van der Waals surface area contributed by atoms with Crippen LogP contribution in [-0.4, -0.2) is 15.8 Å². The van der Waals surface area contributed by atoms with E-state index in [-0.39, 0.29) is 5.88 Å². The maximum Gasteiger partial charge on any atom is 0.434 e. The van der Waals surface area contributed by atoms with Crippen LogP contribution in [0.5, 0.6) is 0 Å². The molecule has 0 bridgehead atoms. The predicted octanol–water partition coefficient (Wildman–Crippen LogP) is 2.54. The van der Waals surface area contributed by atoms with Gasteiger partial charge in [0.25, 0.3) is 0 Å².